The number of thioether (sulfide) groups is 2. The fraction of sp³-hybridized carbons (Fsp3) is 0.400. The third kappa shape index (κ3) is 8.27. The van der Waals surface area contributed by atoms with Gasteiger partial charge in [-0.05, 0) is 43.6 Å². The Balaban J connectivity index is 2.39. The Morgan fingerprint density at radius 1 is 0.861 bits per heavy atom. The molecule has 2 N–H and O–H groups in total. The second-order valence-corrected chi connectivity index (χ2v) is 9.27. The van der Waals surface area contributed by atoms with Crippen molar-refractivity contribution in [2.45, 2.75) is 25.9 Å². The van der Waals surface area contributed by atoms with Crippen molar-refractivity contribution in [3.63, 3.8) is 0 Å². The molecule has 1 aromatic carbocycles. The Morgan fingerprint density at radius 3 is 1.89 bits per heavy atom. The molecule has 2 unspecified atom stereocenters. The van der Waals surface area contributed by atoms with Crippen molar-refractivity contribution in [2.75, 3.05) is 37.2 Å². The molecule has 2 amide bonds. The van der Waals surface area contributed by atoms with Crippen LogP contribution in [0.25, 0.3) is 11.1 Å². The molecule has 9 nitrogen and oxygen atoms in total. The number of amides is 2. The number of nitrogens with zero attached hydrogens (tertiary/aromatic N) is 1. The van der Waals surface area contributed by atoms with Gasteiger partial charge in [0, 0.05) is 17.7 Å². The molecular weight excluding hydrogens is 502 g/mol. The van der Waals surface area contributed by atoms with Gasteiger partial charge in [-0.15, -0.1) is 0 Å². The summed E-state index contributed by atoms with van der Waals surface area (Å²) in [6.45, 7) is 3.79. The summed E-state index contributed by atoms with van der Waals surface area (Å²) < 4.78 is 10.1. The van der Waals surface area contributed by atoms with Gasteiger partial charge < -0.3 is 20.1 Å². The van der Waals surface area contributed by atoms with E-state index in [-0.39, 0.29) is 24.5 Å². The third-order valence-corrected chi connectivity index (χ3v) is 6.22. The zero-order valence-electron chi connectivity index (χ0n) is 20.7. The number of rotatable bonds is 13. The number of aromatic nitrogens is 1. The average Bonchev–Trinajstić information content (AvgIpc) is 2.88. The van der Waals surface area contributed by atoms with E-state index in [1.54, 1.807) is 26.0 Å². The topological polar surface area (TPSA) is 124 Å². The van der Waals surface area contributed by atoms with E-state index in [0.717, 1.165) is 0 Å². The predicted octanol–water partition coefficient (Wildman–Crippen LogP) is 2.80. The van der Waals surface area contributed by atoms with Crippen molar-refractivity contribution >= 4 is 47.3 Å². The molecule has 0 aliphatic rings. The first-order valence-electron chi connectivity index (χ1n) is 11.3. The normalized spacial score (nSPS) is 12.2. The smallest absolute Gasteiger partial charge is 0.329 e. The SMILES string of the molecule is CCOC(=O)C(CSC)NC(=O)c1cc(-c2ccccc2)c(C(=O)NC(CSC)C(=O)OCC)cn1. The molecule has 1 heterocycles. The van der Waals surface area contributed by atoms with Crippen LogP contribution in [0.15, 0.2) is 42.6 Å². The number of esters is 2. The first-order chi connectivity index (χ1) is 17.4. The molecular formula is C25H31N3O6S2. The molecule has 2 aromatic rings. The van der Waals surface area contributed by atoms with Crippen LogP contribution in [0.3, 0.4) is 0 Å². The van der Waals surface area contributed by atoms with Crippen LogP contribution in [0, 0.1) is 0 Å². The Kier molecular flexibility index (Phi) is 12.3. The van der Waals surface area contributed by atoms with E-state index in [1.165, 1.54) is 35.8 Å². The molecule has 194 valence electrons. The number of nitrogens with one attached hydrogen (secondary N) is 2. The first-order valence-corrected chi connectivity index (χ1v) is 14.1. The molecule has 0 saturated carbocycles. The number of carbonyl (C=O) groups excluding carboxylic acids is 4. The standard InChI is InChI=1S/C25H31N3O6S2/c1-5-33-24(31)20(14-35-3)27-22(29)18-13-26-19(12-17(18)16-10-8-7-9-11-16)23(30)28-21(15-36-4)25(32)34-6-2/h7-13,20-21H,5-6,14-15H2,1-4H3,(H,27,29)(H,28,30). The number of carbonyl (C=O) groups is 4. The molecule has 0 saturated heterocycles. The summed E-state index contributed by atoms with van der Waals surface area (Å²) in [4.78, 5) is 54.9. The fourth-order valence-electron chi connectivity index (χ4n) is 3.24. The van der Waals surface area contributed by atoms with Crippen LogP contribution in [0.1, 0.15) is 34.7 Å². The molecule has 0 bridgehead atoms. The Labute approximate surface area is 219 Å². The fourth-order valence-corrected chi connectivity index (χ4v) is 4.35. The Bertz CT molecular complexity index is 1050. The van der Waals surface area contributed by atoms with Crippen LogP contribution < -0.4 is 10.6 Å². The Morgan fingerprint density at radius 2 is 1.39 bits per heavy atom. The van der Waals surface area contributed by atoms with E-state index in [9.17, 15) is 19.2 Å². The second kappa shape index (κ2) is 15.1. The lowest BCUT2D eigenvalue weighted by Crippen LogP contribution is -2.44. The summed E-state index contributed by atoms with van der Waals surface area (Å²) in [6, 6.07) is 8.86. The average molecular weight is 534 g/mol. The van der Waals surface area contributed by atoms with Crippen LogP contribution >= 0.6 is 23.5 Å². The van der Waals surface area contributed by atoms with Gasteiger partial charge >= 0.3 is 11.9 Å². The molecule has 36 heavy (non-hydrogen) atoms. The minimum absolute atomic E-state index is 0.0341. The lowest BCUT2D eigenvalue weighted by atomic mass is 9.99. The minimum Gasteiger partial charge on any atom is -0.464 e. The van der Waals surface area contributed by atoms with Gasteiger partial charge in [-0.1, -0.05) is 30.3 Å². The zero-order chi connectivity index (χ0) is 26.5. The molecule has 0 radical (unpaired) electrons. The number of hydrogen-bond acceptors (Lipinski definition) is 9. The summed E-state index contributed by atoms with van der Waals surface area (Å²) in [7, 11) is 0. The van der Waals surface area contributed by atoms with Crippen molar-refractivity contribution in [3.8, 4) is 11.1 Å². The summed E-state index contributed by atoms with van der Waals surface area (Å²) in [5.41, 5.74) is 1.37. The molecule has 11 heteroatoms. The summed E-state index contributed by atoms with van der Waals surface area (Å²) >= 11 is 2.79. The van der Waals surface area contributed by atoms with Gasteiger partial charge in [0.05, 0.1) is 18.8 Å². The number of hydrogen-bond donors (Lipinski definition) is 2. The predicted molar refractivity (Wildman–Crippen MR) is 142 cm³/mol. The second-order valence-electron chi connectivity index (χ2n) is 7.45. The maximum atomic E-state index is 13.2. The first kappa shape index (κ1) is 29.2. The third-order valence-electron chi connectivity index (χ3n) is 4.89. The molecule has 1 aromatic heterocycles. The van der Waals surface area contributed by atoms with E-state index in [0.29, 0.717) is 22.6 Å². The van der Waals surface area contributed by atoms with Crippen LogP contribution in [0.2, 0.25) is 0 Å². The van der Waals surface area contributed by atoms with E-state index in [2.05, 4.69) is 15.6 Å². The van der Waals surface area contributed by atoms with Gasteiger partial charge in [-0.25, -0.2) is 9.59 Å². The quantitative estimate of drug-likeness (QED) is 0.374. The lowest BCUT2D eigenvalue weighted by Gasteiger charge is -2.18. The summed E-state index contributed by atoms with van der Waals surface area (Å²) in [5.74, 6) is -1.47. The highest BCUT2D eigenvalue weighted by Gasteiger charge is 2.26. The van der Waals surface area contributed by atoms with E-state index in [4.69, 9.17) is 9.47 Å². The molecule has 0 fully saturated rings. The largest absolute Gasteiger partial charge is 0.464 e. The molecule has 2 rings (SSSR count). The number of ether oxygens (including phenoxy) is 2. The van der Waals surface area contributed by atoms with Crippen LogP contribution in [0.5, 0.6) is 0 Å². The Hall–Kier alpha value is -3.05. The number of pyridine rings is 1. The van der Waals surface area contributed by atoms with Crippen molar-refractivity contribution < 1.29 is 28.7 Å². The highest BCUT2D eigenvalue weighted by atomic mass is 32.2. The van der Waals surface area contributed by atoms with Crippen molar-refractivity contribution in [1.29, 1.82) is 0 Å². The molecule has 2 atom stereocenters. The van der Waals surface area contributed by atoms with Gasteiger partial charge in [0.2, 0.25) is 0 Å². The monoisotopic (exact) mass is 533 g/mol. The van der Waals surface area contributed by atoms with Gasteiger partial charge in [0.25, 0.3) is 11.8 Å². The summed E-state index contributed by atoms with van der Waals surface area (Å²) in [6.07, 6.45) is 4.93. The maximum absolute atomic E-state index is 13.2. The summed E-state index contributed by atoms with van der Waals surface area (Å²) in [5, 5.41) is 5.38. The van der Waals surface area contributed by atoms with Gasteiger partial charge in [-0.3, -0.25) is 14.6 Å². The highest BCUT2D eigenvalue weighted by molar-refractivity contribution is 7.98. The van der Waals surface area contributed by atoms with Gasteiger partial charge in [-0.2, -0.15) is 23.5 Å². The van der Waals surface area contributed by atoms with Gasteiger partial charge in [0.15, 0.2) is 0 Å². The van der Waals surface area contributed by atoms with Crippen LogP contribution in [0.4, 0.5) is 0 Å². The van der Waals surface area contributed by atoms with Crippen LogP contribution in [-0.2, 0) is 19.1 Å². The zero-order valence-corrected chi connectivity index (χ0v) is 22.4. The van der Waals surface area contributed by atoms with Crippen molar-refractivity contribution in [1.82, 2.24) is 15.6 Å². The highest BCUT2D eigenvalue weighted by Crippen LogP contribution is 2.24. The van der Waals surface area contributed by atoms with E-state index in [1.807, 2.05) is 30.7 Å². The van der Waals surface area contributed by atoms with E-state index < -0.39 is 35.8 Å². The lowest BCUT2D eigenvalue weighted by molar-refractivity contribution is -0.145. The van der Waals surface area contributed by atoms with Crippen molar-refractivity contribution in [2.24, 2.45) is 0 Å². The van der Waals surface area contributed by atoms with Gasteiger partial charge in [0.1, 0.15) is 17.8 Å². The van der Waals surface area contributed by atoms with Crippen molar-refractivity contribution in [3.05, 3.63) is 53.9 Å². The molecule has 0 aliphatic carbocycles. The van der Waals surface area contributed by atoms with E-state index >= 15 is 0 Å². The minimum atomic E-state index is -0.839. The molecule has 0 aliphatic heterocycles. The molecule has 0 spiro atoms. The number of benzene rings is 1. The van der Waals surface area contributed by atoms with Crippen LogP contribution in [-0.4, -0.2) is 78.1 Å². The maximum Gasteiger partial charge on any atom is 0.329 e.